The standard InChI is InChI=1S/C29H27BrClN3O6/c1-15(2)19-12-20(16(3)10-22(19)38-4)28-33-21-9-7-6-8-18(21)29(37)34(28)32-13-17-11-23(39-5)27(26(31)25(17)30)40-14-24(35)36/h6-13,15H,14H2,1-5H3,(H,35,36). The van der Waals surface area contributed by atoms with Gasteiger partial charge in [0, 0.05) is 15.6 Å². The molecule has 0 atom stereocenters. The van der Waals surface area contributed by atoms with Crippen LogP contribution in [0.5, 0.6) is 17.2 Å². The average Bonchev–Trinajstić information content (AvgIpc) is 2.93. The Hall–Kier alpha value is -3.89. The van der Waals surface area contributed by atoms with Crippen molar-refractivity contribution in [1.82, 2.24) is 9.66 Å². The third kappa shape index (κ3) is 5.68. The van der Waals surface area contributed by atoms with Gasteiger partial charge in [0.15, 0.2) is 23.9 Å². The van der Waals surface area contributed by atoms with Crippen LogP contribution in [0.15, 0.2) is 56.8 Å². The van der Waals surface area contributed by atoms with Crippen LogP contribution < -0.4 is 19.8 Å². The van der Waals surface area contributed by atoms with Crippen molar-refractivity contribution in [3.8, 4) is 28.6 Å². The summed E-state index contributed by atoms with van der Waals surface area (Å²) in [6.07, 6.45) is 1.45. The average molecular weight is 629 g/mol. The highest BCUT2D eigenvalue weighted by molar-refractivity contribution is 9.10. The number of carboxylic acid groups (broad SMARTS) is 1. The van der Waals surface area contributed by atoms with Gasteiger partial charge in [0.1, 0.15) is 10.8 Å². The Morgan fingerprint density at radius 2 is 1.88 bits per heavy atom. The van der Waals surface area contributed by atoms with E-state index in [-0.39, 0.29) is 28.0 Å². The van der Waals surface area contributed by atoms with Crippen molar-refractivity contribution < 1.29 is 24.1 Å². The first-order valence-corrected chi connectivity index (χ1v) is 13.4. The Labute approximate surface area is 244 Å². The highest BCUT2D eigenvalue weighted by Crippen LogP contribution is 2.42. The van der Waals surface area contributed by atoms with Crippen molar-refractivity contribution in [3.63, 3.8) is 0 Å². The van der Waals surface area contributed by atoms with Gasteiger partial charge in [-0.3, -0.25) is 4.79 Å². The number of hydrogen-bond acceptors (Lipinski definition) is 7. The van der Waals surface area contributed by atoms with Crippen LogP contribution in [0.1, 0.15) is 36.5 Å². The van der Waals surface area contributed by atoms with Crippen molar-refractivity contribution in [2.24, 2.45) is 5.10 Å². The highest BCUT2D eigenvalue weighted by Gasteiger charge is 2.20. The molecule has 0 saturated carbocycles. The smallest absolute Gasteiger partial charge is 0.341 e. The Balaban J connectivity index is 1.94. The van der Waals surface area contributed by atoms with E-state index in [0.29, 0.717) is 26.8 Å². The maximum atomic E-state index is 13.7. The second kappa shape index (κ2) is 12.1. The molecule has 0 amide bonds. The summed E-state index contributed by atoms with van der Waals surface area (Å²) in [4.78, 5) is 29.6. The van der Waals surface area contributed by atoms with E-state index < -0.39 is 12.6 Å². The van der Waals surface area contributed by atoms with E-state index in [1.54, 1.807) is 31.4 Å². The largest absolute Gasteiger partial charge is 0.496 e. The summed E-state index contributed by atoms with van der Waals surface area (Å²) >= 11 is 9.91. The molecule has 1 aromatic heterocycles. The lowest BCUT2D eigenvalue weighted by Crippen LogP contribution is -2.21. The molecule has 3 aromatic carbocycles. The number of para-hydroxylation sites is 1. The molecular formula is C29H27BrClN3O6. The number of carboxylic acids is 1. The zero-order valence-corrected chi connectivity index (χ0v) is 24.8. The van der Waals surface area contributed by atoms with Crippen molar-refractivity contribution in [3.05, 3.63) is 79.0 Å². The van der Waals surface area contributed by atoms with Crippen LogP contribution in [0.4, 0.5) is 0 Å². The van der Waals surface area contributed by atoms with Gasteiger partial charge in [0.25, 0.3) is 5.56 Å². The number of methoxy groups -OCH3 is 2. The summed E-state index contributed by atoms with van der Waals surface area (Å²) in [7, 11) is 3.03. The fraction of sp³-hybridized carbons (Fsp3) is 0.241. The number of aromatic nitrogens is 2. The predicted octanol–water partition coefficient (Wildman–Crippen LogP) is 6.27. The Bertz CT molecular complexity index is 1700. The molecule has 208 valence electrons. The van der Waals surface area contributed by atoms with E-state index >= 15 is 0 Å². The fourth-order valence-corrected chi connectivity index (χ4v) is 4.86. The van der Waals surface area contributed by atoms with Gasteiger partial charge in [0.05, 0.1) is 31.3 Å². The zero-order chi connectivity index (χ0) is 29.1. The number of hydrogen-bond donors (Lipinski definition) is 1. The van der Waals surface area contributed by atoms with Crippen molar-refractivity contribution in [2.45, 2.75) is 26.7 Å². The lowest BCUT2D eigenvalue weighted by molar-refractivity contribution is -0.139. The first-order valence-electron chi connectivity index (χ1n) is 12.2. The highest BCUT2D eigenvalue weighted by atomic mass is 79.9. The van der Waals surface area contributed by atoms with Gasteiger partial charge in [-0.25, -0.2) is 9.78 Å². The second-order valence-corrected chi connectivity index (χ2v) is 10.4. The molecule has 40 heavy (non-hydrogen) atoms. The quantitative estimate of drug-likeness (QED) is 0.217. The van der Waals surface area contributed by atoms with Crippen LogP contribution >= 0.6 is 27.5 Å². The minimum absolute atomic E-state index is 0.0656. The molecular weight excluding hydrogens is 602 g/mol. The minimum atomic E-state index is -1.16. The molecule has 11 heteroatoms. The van der Waals surface area contributed by atoms with E-state index in [0.717, 1.165) is 22.4 Å². The molecule has 0 saturated heterocycles. The number of carbonyl (C=O) groups is 1. The number of ether oxygens (including phenoxy) is 3. The molecule has 0 bridgehead atoms. The lowest BCUT2D eigenvalue weighted by atomic mass is 9.96. The van der Waals surface area contributed by atoms with Crippen LogP contribution in [0, 0.1) is 6.92 Å². The third-order valence-corrected chi connectivity index (χ3v) is 7.66. The number of benzene rings is 3. The molecule has 4 aromatic rings. The first-order chi connectivity index (χ1) is 19.1. The second-order valence-electron chi connectivity index (χ2n) is 9.19. The van der Waals surface area contributed by atoms with Gasteiger partial charge in [-0.1, -0.05) is 37.6 Å². The van der Waals surface area contributed by atoms with Crippen molar-refractivity contribution in [1.29, 1.82) is 0 Å². The first kappa shape index (κ1) is 29.1. The van der Waals surface area contributed by atoms with E-state index in [1.165, 1.54) is 18.0 Å². The molecule has 0 spiro atoms. The summed E-state index contributed by atoms with van der Waals surface area (Å²) in [6.45, 7) is 5.45. The molecule has 1 N–H and O–H groups in total. The molecule has 0 aliphatic heterocycles. The topological polar surface area (TPSA) is 112 Å². The van der Waals surface area contributed by atoms with Gasteiger partial charge in [-0.2, -0.15) is 9.78 Å². The number of rotatable bonds is 9. The van der Waals surface area contributed by atoms with Gasteiger partial charge in [0.2, 0.25) is 0 Å². The minimum Gasteiger partial charge on any atom is -0.496 e. The van der Waals surface area contributed by atoms with Crippen molar-refractivity contribution >= 4 is 50.6 Å². The summed E-state index contributed by atoms with van der Waals surface area (Å²) in [5.74, 6) is 0.377. The molecule has 0 aliphatic rings. The van der Waals surface area contributed by atoms with Crippen LogP contribution in [0.2, 0.25) is 5.02 Å². The summed E-state index contributed by atoms with van der Waals surface area (Å²) in [5.41, 5.74) is 3.21. The molecule has 0 aliphatic carbocycles. The van der Waals surface area contributed by atoms with E-state index in [9.17, 15) is 9.59 Å². The van der Waals surface area contributed by atoms with E-state index in [1.807, 2.05) is 25.1 Å². The summed E-state index contributed by atoms with van der Waals surface area (Å²) in [5, 5.41) is 14.0. The molecule has 1 heterocycles. The number of halogens is 2. The van der Waals surface area contributed by atoms with Crippen LogP contribution in [-0.2, 0) is 4.79 Å². The van der Waals surface area contributed by atoms with Gasteiger partial charge in [-0.15, -0.1) is 0 Å². The van der Waals surface area contributed by atoms with E-state index in [2.05, 4.69) is 34.9 Å². The maximum Gasteiger partial charge on any atom is 0.341 e. The lowest BCUT2D eigenvalue weighted by Gasteiger charge is -2.17. The van der Waals surface area contributed by atoms with Gasteiger partial charge >= 0.3 is 5.97 Å². The SMILES string of the molecule is COc1cc(C)c(-c2nc3ccccc3c(=O)n2N=Cc2cc(OC)c(OCC(=O)O)c(Cl)c2Br)cc1C(C)C. The molecule has 9 nitrogen and oxygen atoms in total. The van der Waals surface area contributed by atoms with Gasteiger partial charge in [-0.05, 0) is 70.2 Å². The zero-order valence-electron chi connectivity index (χ0n) is 22.5. The van der Waals surface area contributed by atoms with Crippen LogP contribution in [-0.4, -0.2) is 47.8 Å². The Morgan fingerprint density at radius 1 is 1.18 bits per heavy atom. The van der Waals surface area contributed by atoms with Crippen LogP contribution in [0.3, 0.4) is 0 Å². The summed E-state index contributed by atoms with van der Waals surface area (Å²) in [6, 6.07) is 12.6. The number of aliphatic carboxylic acids is 1. The third-order valence-electron chi connectivity index (χ3n) is 6.22. The number of fused-ring (bicyclic) bond motifs is 1. The molecule has 0 radical (unpaired) electrons. The normalized spacial score (nSPS) is 11.4. The van der Waals surface area contributed by atoms with Crippen molar-refractivity contribution in [2.75, 3.05) is 20.8 Å². The molecule has 0 fully saturated rings. The Morgan fingerprint density at radius 3 is 2.52 bits per heavy atom. The van der Waals surface area contributed by atoms with Gasteiger partial charge < -0.3 is 19.3 Å². The maximum absolute atomic E-state index is 13.7. The monoisotopic (exact) mass is 627 g/mol. The Kier molecular flexibility index (Phi) is 8.80. The number of nitrogens with zero attached hydrogens (tertiary/aromatic N) is 3. The van der Waals surface area contributed by atoms with E-state index in [4.69, 9.17) is 35.9 Å². The van der Waals surface area contributed by atoms with Crippen LogP contribution in [0.25, 0.3) is 22.3 Å². The predicted molar refractivity (Wildman–Crippen MR) is 159 cm³/mol. The number of aryl methyl sites for hydroxylation is 1. The fourth-order valence-electron chi connectivity index (χ4n) is 4.21. The summed E-state index contributed by atoms with van der Waals surface area (Å²) < 4.78 is 17.9. The molecule has 4 rings (SSSR count). The molecule has 0 unspecified atom stereocenters.